The van der Waals surface area contributed by atoms with Crippen LogP contribution < -0.4 is 0 Å². The summed E-state index contributed by atoms with van der Waals surface area (Å²) < 4.78 is 1.02. The van der Waals surface area contributed by atoms with Crippen LogP contribution in [0.25, 0.3) is 0 Å². The molecule has 0 saturated carbocycles. The van der Waals surface area contributed by atoms with E-state index in [0.717, 1.165) is 41.5 Å². The predicted octanol–water partition coefficient (Wildman–Crippen LogP) is 2.92. The third-order valence-electron chi connectivity index (χ3n) is 3.90. The molecule has 1 aliphatic heterocycles. The molecule has 0 N–H and O–H groups in total. The zero-order valence-corrected chi connectivity index (χ0v) is 13.4. The second kappa shape index (κ2) is 6.06. The standard InChI is InChI=1S/C15H21BrN2O/c1-11-10-12(16)4-5-14(11)15(19)18-8-6-13(7-9-18)17(2)3/h4-5,10,13H,6-9H2,1-3H3. The SMILES string of the molecule is Cc1cc(Br)ccc1C(=O)N1CCC(N(C)C)CC1. The number of rotatable bonds is 2. The first-order valence-electron chi connectivity index (χ1n) is 6.71. The van der Waals surface area contributed by atoms with Gasteiger partial charge in [-0.3, -0.25) is 4.79 Å². The lowest BCUT2D eigenvalue weighted by molar-refractivity contribution is 0.0662. The maximum atomic E-state index is 12.5. The second-order valence-corrected chi connectivity index (χ2v) is 6.36. The fourth-order valence-corrected chi connectivity index (χ4v) is 3.10. The maximum Gasteiger partial charge on any atom is 0.254 e. The van der Waals surface area contributed by atoms with Crippen LogP contribution in [0.1, 0.15) is 28.8 Å². The number of nitrogens with zero attached hydrogens (tertiary/aromatic N) is 2. The fraction of sp³-hybridized carbons (Fsp3) is 0.533. The highest BCUT2D eigenvalue weighted by molar-refractivity contribution is 9.10. The third kappa shape index (κ3) is 3.37. The van der Waals surface area contributed by atoms with Gasteiger partial charge in [-0.2, -0.15) is 0 Å². The van der Waals surface area contributed by atoms with Crippen molar-refractivity contribution in [2.45, 2.75) is 25.8 Å². The monoisotopic (exact) mass is 324 g/mol. The largest absolute Gasteiger partial charge is 0.339 e. The first-order valence-corrected chi connectivity index (χ1v) is 7.50. The van der Waals surface area contributed by atoms with Crippen LogP contribution >= 0.6 is 15.9 Å². The molecule has 2 rings (SSSR count). The average molecular weight is 325 g/mol. The normalized spacial score (nSPS) is 17.0. The van der Waals surface area contributed by atoms with Gasteiger partial charge in [-0.25, -0.2) is 0 Å². The van der Waals surface area contributed by atoms with Crippen molar-refractivity contribution in [3.8, 4) is 0 Å². The van der Waals surface area contributed by atoms with Gasteiger partial charge in [0.2, 0.25) is 0 Å². The van der Waals surface area contributed by atoms with E-state index in [1.807, 2.05) is 30.0 Å². The van der Waals surface area contributed by atoms with Gasteiger partial charge in [-0.15, -0.1) is 0 Å². The zero-order valence-electron chi connectivity index (χ0n) is 11.8. The quantitative estimate of drug-likeness (QED) is 0.835. The number of piperidine rings is 1. The molecule has 1 aromatic carbocycles. The Hall–Kier alpha value is -0.870. The molecule has 1 saturated heterocycles. The number of likely N-dealkylation sites (tertiary alicyclic amines) is 1. The molecule has 3 nitrogen and oxygen atoms in total. The van der Waals surface area contributed by atoms with Crippen molar-refractivity contribution in [3.63, 3.8) is 0 Å². The number of hydrogen-bond acceptors (Lipinski definition) is 2. The number of aryl methyl sites for hydroxylation is 1. The van der Waals surface area contributed by atoms with Gasteiger partial charge in [0.1, 0.15) is 0 Å². The molecule has 0 spiro atoms. The summed E-state index contributed by atoms with van der Waals surface area (Å²) >= 11 is 3.43. The van der Waals surface area contributed by atoms with Crippen molar-refractivity contribution in [2.75, 3.05) is 27.2 Å². The first kappa shape index (κ1) is 14.5. The van der Waals surface area contributed by atoms with E-state index < -0.39 is 0 Å². The Morgan fingerprint density at radius 1 is 1.32 bits per heavy atom. The highest BCUT2D eigenvalue weighted by Gasteiger charge is 2.25. The summed E-state index contributed by atoms with van der Waals surface area (Å²) in [6.45, 7) is 3.71. The molecule has 1 heterocycles. The Morgan fingerprint density at radius 3 is 2.47 bits per heavy atom. The van der Waals surface area contributed by atoms with E-state index in [1.54, 1.807) is 0 Å². The minimum atomic E-state index is 0.169. The summed E-state index contributed by atoms with van der Waals surface area (Å²) in [5.74, 6) is 0.169. The smallest absolute Gasteiger partial charge is 0.254 e. The van der Waals surface area contributed by atoms with Crippen molar-refractivity contribution >= 4 is 21.8 Å². The van der Waals surface area contributed by atoms with Gasteiger partial charge in [0.25, 0.3) is 5.91 Å². The number of carbonyl (C=O) groups is 1. The predicted molar refractivity (Wildman–Crippen MR) is 81.5 cm³/mol. The Morgan fingerprint density at radius 2 is 1.95 bits per heavy atom. The minimum absolute atomic E-state index is 0.169. The molecule has 19 heavy (non-hydrogen) atoms. The van der Waals surface area contributed by atoms with Crippen LogP contribution in [-0.2, 0) is 0 Å². The van der Waals surface area contributed by atoms with Crippen LogP contribution in [-0.4, -0.2) is 48.9 Å². The van der Waals surface area contributed by atoms with Gasteiger partial charge in [0, 0.05) is 29.2 Å². The van der Waals surface area contributed by atoms with Crippen molar-refractivity contribution in [1.29, 1.82) is 0 Å². The Balaban J connectivity index is 2.05. The summed E-state index contributed by atoms with van der Waals surface area (Å²) in [4.78, 5) is 16.7. The topological polar surface area (TPSA) is 23.6 Å². The lowest BCUT2D eigenvalue weighted by Crippen LogP contribution is -2.44. The minimum Gasteiger partial charge on any atom is -0.339 e. The Bertz CT molecular complexity index is 465. The van der Waals surface area contributed by atoms with E-state index in [9.17, 15) is 4.79 Å². The van der Waals surface area contributed by atoms with Crippen LogP contribution in [0.3, 0.4) is 0 Å². The number of benzene rings is 1. The van der Waals surface area contributed by atoms with Gasteiger partial charge in [-0.05, 0) is 57.6 Å². The molecule has 0 aromatic heterocycles. The molecule has 0 unspecified atom stereocenters. The van der Waals surface area contributed by atoms with Crippen LogP contribution in [0, 0.1) is 6.92 Å². The molecule has 0 bridgehead atoms. The van der Waals surface area contributed by atoms with Crippen molar-refractivity contribution in [3.05, 3.63) is 33.8 Å². The fourth-order valence-electron chi connectivity index (χ4n) is 2.62. The molecule has 1 fully saturated rings. The van der Waals surface area contributed by atoms with Gasteiger partial charge >= 0.3 is 0 Å². The van der Waals surface area contributed by atoms with E-state index in [-0.39, 0.29) is 5.91 Å². The van der Waals surface area contributed by atoms with E-state index in [0.29, 0.717) is 6.04 Å². The average Bonchev–Trinajstić information content (AvgIpc) is 2.38. The molecule has 1 amide bonds. The van der Waals surface area contributed by atoms with Gasteiger partial charge < -0.3 is 9.80 Å². The lowest BCUT2D eigenvalue weighted by Gasteiger charge is -2.35. The lowest BCUT2D eigenvalue weighted by atomic mass is 10.0. The van der Waals surface area contributed by atoms with E-state index in [2.05, 4.69) is 34.9 Å². The number of halogens is 1. The molecule has 0 aliphatic carbocycles. The summed E-state index contributed by atoms with van der Waals surface area (Å²) in [7, 11) is 4.22. The highest BCUT2D eigenvalue weighted by atomic mass is 79.9. The third-order valence-corrected chi connectivity index (χ3v) is 4.39. The van der Waals surface area contributed by atoms with Crippen molar-refractivity contribution in [2.24, 2.45) is 0 Å². The zero-order chi connectivity index (χ0) is 14.0. The van der Waals surface area contributed by atoms with Crippen molar-refractivity contribution in [1.82, 2.24) is 9.80 Å². The van der Waals surface area contributed by atoms with Gasteiger partial charge in [-0.1, -0.05) is 15.9 Å². The van der Waals surface area contributed by atoms with Crippen molar-refractivity contribution < 1.29 is 4.79 Å². The maximum absolute atomic E-state index is 12.5. The molecule has 0 radical (unpaired) electrons. The van der Waals surface area contributed by atoms with Gasteiger partial charge in [0.15, 0.2) is 0 Å². The molecule has 1 aromatic rings. The number of amides is 1. The summed E-state index contributed by atoms with van der Waals surface area (Å²) in [6, 6.07) is 6.46. The summed E-state index contributed by atoms with van der Waals surface area (Å²) in [5.41, 5.74) is 1.86. The summed E-state index contributed by atoms with van der Waals surface area (Å²) in [6.07, 6.45) is 2.13. The molecule has 0 atom stereocenters. The summed E-state index contributed by atoms with van der Waals surface area (Å²) in [5, 5.41) is 0. The molecular formula is C15H21BrN2O. The molecular weight excluding hydrogens is 304 g/mol. The Kier molecular flexibility index (Phi) is 4.63. The second-order valence-electron chi connectivity index (χ2n) is 5.45. The van der Waals surface area contributed by atoms with E-state index in [4.69, 9.17) is 0 Å². The van der Waals surface area contributed by atoms with Crippen LogP contribution in [0.5, 0.6) is 0 Å². The van der Waals surface area contributed by atoms with Crippen LogP contribution in [0.4, 0.5) is 0 Å². The Labute approximate surface area is 123 Å². The highest BCUT2D eigenvalue weighted by Crippen LogP contribution is 2.20. The first-order chi connectivity index (χ1) is 8.99. The number of hydrogen-bond donors (Lipinski definition) is 0. The van der Waals surface area contributed by atoms with Crippen LogP contribution in [0.15, 0.2) is 22.7 Å². The molecule has 1 aliphatic rings. The van der Waals surface area contributed by atoms with E-state index >= 15 is 0 Å². The van der Waals surface area contributed by atoms with Crippen LogP contribution in [0.2, 0.25) is 0 Å². The molecule has 104 valence electrons. The number of carbonyl (C=O) groups excluding carboxylic acids is 1. The molecule has 4 heteroatoms. The van der Waals surface area contributed by atoms with E-state index in [1.165, 1.54) is 0 Å². The van der Waals surface area contributed by atoms with Gasteiger partial charge in [0.05, 0.1) is 0 Å².